The van der Waals surface area contributed by atoms with Crippen molar-refractivity contribution in [3.05, 3.63) is 41.8 Å². The van der Waals surface area contributed by atoms with Crippen LogP contribution in [0.1, 0.15) is 0 Å². The van der Waals surface area contributed by atoms with E-state index in [-0.39, 0.29) is 0 Å². The molecule has 1 aromatic carbocycles. The van der Waals surface area contributed by atoms with Gasteiger partial charge in [0.25, 0.3) is 10.0 Å². The molecular weight excluding hydrogens is 344 g/mol. The summed E-state index contributed by atoms with van der Waals surface area (Å²) in [6.45, 7) is 2.23. The third-order valence-corrected chi connectivity index (χ3v) is 7.65. The summed E-state index contributed by atoms with van der Waals surface area (Å²) in [5.41, 5.74) is 2.05. The van der Waals surface area contributed by atoms with E-state index in [1.54, 1.807) is 21.8 Å². The maximum absolute atomic E-state index is 12.6. The fourth-order valence-electron chi connectivity index (χ4n) is 3.08. The van der Waals surface area contributed by atoms with E-state index in [1.807, 2.05) is 31.3 Å². The van der Waals surface area contributed by atoms with Crippen molar-refractivity contribution < 1.29 is 8.42 Å². The second-order valence-electron chi connectivity index (χ2n) is 5.78. The van der Waals surface area contributed by atoms with E-state index in [0.29, 0.717) is 30.4 Å². The van der Waals surface area contributed by atoms with Crippen LogP contribution in [0, 0.1) is 0 Å². The van der Waals surface area contributed by atoms with Crippen LogP contribution in [0.4, 0.5) is 5.95 Å². The van der Waals surface area contributed by atoms with Gasteiger partial charge < -0.3 is 9.47 Å². The van der Waals surface area contributed by atoms with Crippen molar-refractivity contribution in [3.8, 4) is 0 Å². The van der Waals surface area contributed by atoms with Gasteiger partial charge in [-0.3, -0.25) is 0 Å². The number of imidazole rings is 1. The van der Waals surface area contributed by atoms with E-state index in [2.05, 4.69) is 9.47 Å². The second-order valence-corrected chi connectivity index (χ2v) is 8.90. The van der Waals surface area contributed by atoms with Crippen LogP contribution < -0.4 is 4.90 Å². The minimum atomic E-state index is -3.36. The lowest BCUT2D eigenvalue weighted by molar-refractivity contribution is 0.382. The Hall–Kier alpha value is -1.90. The molecule has 1 fully saturated rings. The molecule has 0 aliphatic carbocycles. The number of anilines is 1. The first kappa shape index (κ1) is 15.6. The van der Waals surface area contributed by atoms with Gasteiger partial charge in [0.15, 0.2) is 0 Å². The third-order valence-electron chi connectivity index (χ3n) is 4.37. The maximum Gasteiger partial charge on any atom is 0.252 e. The maximum atomic E-state index is 12.6. The monoisotopic (exact) mass is 362 g/mol. The van der Waals surface area contributed by atoms with Crippen LogP contribution in [-0.4, -0.2) is 48.5 Å². The van der Waals surface area contributed by atoms with Crippen LogP contribution in [0.3, 0.4) is 0 Å². The molecular formula is C16H18N4O2S2. The van der Waals surface area contributed by atoms with Gasteiger partial charge in [0.05, 0.1) is 11.0 Å². The molecule has 1 aliphatic rings. The molecule has 0 N–H and O–H groups in total. The van der Waals surface area contributed by atoms with Crippen LogP contribution >= 0.6 is 11.3 Å². The highest BCUT2D eigenvalue weighted by molar-refractivity contribution is 7.91. The number of aryl methyl sites for hydroxylation is 1. The summed E-state index contributed by atoms with van der Waals surface area (Å²) in [6, 6.07) is 11.5. The molecule has 2 aromatic heterocycles. The van der Waals surface area contributed by atoms with E-state index in [9.17, 15) is 8.42 Å². The topological polar surface area (TPSA) is 58.4 Å². The smallest absolute Gasteiger partial charge is 0.252 e. The van der Waals surface area contributed by atoms with Crippen LogP contribution in [0.25, 0.3) is 11.0 Å². The summed E-state index contributed by atoms with van der Waals surface area (Å²) in [5, 5.41) is 1.79. The molecule has 0 bridgehead atoms. The molecule has 6 nitrogen and oxygen atoms in total. The van der Waals surface area contributed by atoms with Crippen LogP contribution in [0.15, 0.2) is 46.0 Å². The molecule has 4 rings (SSSR count). The highest BCUT2D eigenvalue weighted by Gasteiger charge is 2.30. The highest BCUT2D eigenvalue weighted by Crippen LogP contribution is 2.25. The molecule has 0 atom stereocenters. The van der Waals surface area contributed by atoms with E-state index in [0.717, 1.165) is 17.0 Å². The van der Waals surface area contributed by atoms with Crippen LogP contribution in [-0.2, 0) is 17.1 Å². The Kier molecular flexibility index (Phi) is 3.82. The first-order valence-electron chi connectivity index (χ1n) is 7.77. The molecule has 3 aromatic rings. The molecule has 8 heteroatoms. The number of thiophene rings is 1. The SMILES string of the molecule is Cn1c(N2CCN(S(=O)(=O)c3cccs3)CC2)nc2ccccc21. The Morgan fingerprint density at radius 2 is 1.79 bits per heavy atom. The first-order valence-corrected chi connectivity index (χ1v) is 10.1. The quantitative estimate of drug-likeness (QED) is 0.716. The van der Waals surface area contributed by atoms with E-state index in [4.69, 9.17) is 4.98 Å². The Morgan fingerprint density at radius 3 is 2.46 bits per heavy atom. The number of sulfonamides is 1. The zero-order valence-electron chi connectivity index (χ0n) is 13.3. The minimum Gasteiger partial charge on any atom is -0.340 e. The van der Waals surface area contributed by atoms with E-state index >= 15 is 0 Å². The van der Waals surface area contributed by atoms with Gasteiger partial charge in [0.1, 0.15) is 4.21 Å². The van der Waals surface area contributed by atoms with Gasteiger partial charge in [0.2, 0.25) is 5.95 Å². The van der Waals surface area contributed by atoms with Gasteiger partial charge in [-0.25, -0.2) is 13.4 Å². The predicted octanol–water partition coefficient (Wildman–Crippen LogP) is 2.15. The van der Waals surface area contributed by atoms with Gasteiger partial charge in [-0.05, 0) is 23.6 Å². The largest absolute Gasteiger partial charge is 0.340 e. The fourth-order valence-corrected chi connectivity index (χ4v) is 5.65. The normalized spacial score (nSPS) is 16.8. The molecule has 0 amide bonds. The first-order chi connectivity index (χ1) is 11.6. The summed E-state index contributed by atoms with van der Waals surface area (Å²) in [6.07, 6.45) is 0. The Bertz CT molecular complexity index is 955. The van der Waals surface area contributed by atoms with Crippen molar-refractivity contribution in [1.29, 1.82) is 0 Å². The molecule has 1 saturated heterocycles. The van der Waals surface area contributed by atoms with Crippen molar-refractivity contribution in [1.82, 2.24) is 13.9 Å². The number of nitrogens with zero attached hydrogens (tertiary/aromatic N) is 4. The van der Waals surface area contributed by atoms with Gasteiger partial charge in [0, 0.05) is 33.2 Å². The Balaban J connectivity index is 1.55. The highest BCUT2D eigenvalue weighted by atomic mass is 32.2. The predicted molar refractivity (Wildman–Crippen MR) is 96.0 cm³/mol. The molecule has 1 aliphatic heterocycles. The molecule has 0 unspecified atom stereocenters. The summed E-state index contributed by atoms with van der Waals surface area (Å²) in [4.78, 5) is 6.85. The summed E-state index contributed by atoms with van der Waals surface area (Å²) in [5.74, 6) is 0.893. The molecule has 24 heavy (non-hydrogen) atoms. The second kappa shape index (κ2) is 5.87. The van der Waals surface area contributed by atoms with Gasteiger partial charge in [-0.1, -0.05) is 18.2 Å². The molecule has 0 spiro atoms. The number of para-hydroxylation sites is 2. The Labute approximate surface area is 145 Å². The lowest BCUT2D eigenvalue weighted by Gasteiger charge is -2.34. The molecule has 3 heterocycles. The van der Waals surface area contributed by atoms with Crippen LogP contribution in [0.2, 0.25) is 0 Å². The number of piperazine rings is 1. The summed E-state index contributed by atoms with van der Waals surface area (Å²) < 4.78 is 29.2. The minimum absolute atomic E-state index is 0.415. The van der Waals surface area contributed by atoms with Crippen molar-refractivity contribution in [2.45, 2.75) is 4.21 Å². The van der Waals surface area contributed by atoms with Crippen LogP contribution in [0.5, 0.6) is 0 Å². The summed E-state index contributed by atoms with van der Waals surface area (Å²) in [7, 11) is -1.36. The molecule has 126 valence electrons. The van der Waals surface area contributed by atoms with E-state index in [1.165, 1.54) is 11.3 Å². The Morgan fingerprint density at radius 1 is 1.04 bits per heavy atom. The average molecular weight is 362 g/mol. The lowest BCUT2D eigenvalue weighted by atomic mass is 10.3. The zero-order chi connectivity index (χ0) is 16.7. The van der Waals surface area contributed by atoms with E-state index < -0.39 is 10.0 Å². The van der Waals surface area contributed by atoms with Crippen molar-refractivity contribution in [3.63, 3.8) is 0 Å². The number of hydrogen-bond acceptors (Lipinski definition) is 5. The fraction of sp³-hybridized carbons (Fsp3) is 0.312. The number of fused-ring (bicyclic) bond motifs is 1. The molecule has 0 radical (unpaired) electrons. The number of hydrogen-bond donors (Lipinski definition) is 0. The molecule has 0 saturated carbocycles. The van der Waals surface area contributed by atoms with Crippen molar-refractivity contribution in [2.24, 2.45) is 7.05 Å². The number of benzene rings is 1. The van der Waals surface area contributed by atoms with Gasteiger partial charge in [-0.15, -0.1) is 11.3 Å². The van der Waals surface area contributed by atoms with Crippen molar-refractivity contribution >= 4 is 38.3 Å². The standard InChI is InChI=1S/C16H18N4O2S2/c1-18-14-6-3-2-5-13(14)17-16(18)19-8-10-20(11-9-19)24(21,22)15-7-4-12-23-15/h2-7,12H,8-11H2,1H3. The third kappa shape index (κ3) is 2.51. The van der Waals surface area contributed by atoms with Crippen molar-refractivity contribution in [2.75, 3.05) is 31.1 Å². The lowest BCUT2D eigenvalue weighted by Crippen LogP contribution is -2.49. The number of rotatable bonds is 3. The average Bonchev–Trinajstić information content (AvgIpc) is 3.24. The van der Waals surface area contributed by atoms with Gasteiger partial charge >= 0.3 is 0 Å². The van der Waals surface area contributed by atoms with Gasteiger partial charge in [-0.2, -0.15) is 4.31 Å². The summed E-state index contributed by atoms with van der Waals surface area (Å²) >= 11 is 1.27. The zero-order valence-corrected chi connectivity index (χ0v) is 14.9. The number of aromatic nitrogens is 2.